The number of hydrogen-bond acceptors (Lipinski definition) is 4. The lowest BCUT2D eigenvalue weighted by atomic mass is 10.1. The zero-order valence-corrected chi connectivity index (χ0v) is 20.4. The second-order valence-corrected chi connectivity index (χ2v) is 9.67. The zero-order valence-electron chi connectivity index (χ0n) is 18.1. The Morgan fingerprint density at radius 2 is 1.84 bits per heavy atom. The summed E-state index contributed by atoms with van der Waals surface area (Å²) in [6, 6.07) is 7.33. The molecule has 4 rings (SSSR count). The number of nitrogens with one attached hydrogen (secondary N) is 1. The summed E-state index contributed by atoms with van der Waals surface area (Å²) in [5.41, 5.74) is 3.74. The van der Waals surface area contributed by atoms with Crippen molar-refractivity contribution in [2.45, 2.75) is 46.5 Å². The predicted octanol–water partition coefficient (Wildman–Crippen LogP) is 6.60. The number of nitrogens with zero attached hydrogens (tertiary/aromatic N) is 4. The molecule has 1 aromatic heterocycles. The highest BCUT2D eigenvalue weighted by molar-refractivity contribution is 8.26. The number of aromatic nitrogens is 1. The molecule has 3 heterocycles. The number of fused-ring (bicyclic) bond motifs is 1. The number of hydrazone groups is 1. The van der Waals surface area contributed by atoms with Gasteiger partial charge in [-0.1, -0.05) is 43.0 Å². The van der Waals surface area contributed by atoms with Gasteiger partial charge in [-0.3, -0.25) is 10.2 Å². The average Bonchev–Trinajstić information content (AvgIpc) is 3.24. The SMILES string of the molecule is CCCCCC1=NN2C(=N)C(=Cc3cc(C)n(-c4cc(Cl)cc(Cl)c4)c3C)C(=O)N=C2S1. The number of carbonyl (C=O) groups is 1. The van der Waals surface area contributed by atoms with E-state index in [9.17, 15) is 4.79 Å². The van der Waals surface area contributed by atoms with Crippen LogP contribution in [0.2, 0.25) is 10.0 Å². The summed E-state index contributed by atoms with van der Waals surface area (Å²) >= 11 is 13.8. The molecule has 1 amide bonds. The van der Waals surface area contributed by atoms with Gasteiger partial charge in [0.15, 0.2) is 5.84 Å². The number of amides is 1. The number of amidine groups is 2. The summed E-state index contributed by atoms with van der Waals surface area (Å²) in [6.07, 6.45) is 5.83. The molecule has 0 saturated carbocycles. The maximum atomic E-state index is 12.8. The third kappa shape index (κ3) is 4.42. The molecule has 0 saturated heterocycles. The van der Waals surface area contributed by atoms with Crippen LogP contribution in [-0.4, -0.2) is 31.5 Å². The van der Waals surface area contributed by atoms with Crippen LogP contribution in [0.3, 0.4) is 0 Å². The van der Waals surface area contributed by atoms with Crippen LogP contribution in [0.5, 0.6) is 0 Å². The van der Waals surface area contributed by atoms with Gasteiger partial charge in [-0.05, 0) is 74.4 Å². The number of hydrogen-bond donors (Lipinski definition) is 1. The van der Waals surface area contributed by atoms with Gasteiger partial charge < -0.3 is 4.57 Å². The molecular weight excluding hydrogens is 465 g/mol. The quantitative estimate of drug-likeness (QED) is 0.368. The molecule has 166 valence electrons. The predicted molar refractivity (Wildman–Crippen MR) is 134 cm³/mol. The Morgan fingerprint density at radius 1 is 1.12 bits per heavy atom. The summed E-state index contributed by atoms with van der Waals surface area (Å²) in [6.45, 7) is 6.08. The summed E-state index contributed by atoms with van der Waals surface area (Å²) in [7, 11) is 0. The lowest BCUT2D eigenvalue weighted by molar-refractivity contribution is -0.114. The number of aliphatic imine (C=N–C) groups is 1. The minimum Gasteiger partial charge on any atom is -0.318 e. The Labute approximate surface area is 201 Å². The van der Waals surface area contributed by atoms with Gasteiger partial charge in [-0.15, -0.1) is 0 Å². The molecule has 6 nitrogen and oxygen atoms in total. The number of benzene rings is 1. The van der Waals surface area contributed by atoms with Crippen molar-refractivity contribution in [3.8, 4) is 5.69 Å². The van der Waals surface area contributed by atoms with Gasteiger partial charge in [-0.2, -0.15) is 15.1 Å². The molecule has 1 N–H and O–H groups in total. The maximum Gasteiger partial charge on any atom is 0.283 e. The first-order valence-electron chi connectivity index (χ1n) is 10.4. The van der Waals surface area contributed by atoms with Crippen molar-refractivity contribution in [2.75, 3.05) is 0 Å². The Kier molecular flexibility index (Phi) is 6.60. The minimum atomic E-state index is -0.422. The van der Waals surface area contributed by atoms with Crippen LogP contribution in [0.1, 0.15) is 49.6 Å². The number of thioether (sulfide) groups is 1. The van der Waals surface area contributed by atoms with Crippen LogP contribution in [0.4, 0.5) is 0 Å². The molecule has 0 radical (unpaired) electrons. The number of unbranched alkanes of at least 4 members (excludes halogenated alkanes) is 2. The summed E-state index contributed by atoms with van der Waals surface area (Å²) in [4.78, 5) is 16.9. The fraction of sp³-hybridized carbons (Fsp3) is 0.304. The topological polar surface area (TPSA) is 73.8 Å². The molecule has 0 atom stereocenters. The van der Waals surface area contributed by atoms with Crippen LogP contribution in [0.15, 0.2) is 39.9 Å². The van der Waals surface area contributed by atoms with Crippen molar-refractivity contribution in [3.05, 3.63) is 56.8 Å². The largest absolute Gasteiger partial charge is 0.318 e. The highest BCUT2D eigenvalue weighted by atomic mass is 35.5. The molecule has 0 spiro atoms. The fourth-order valence-electron chi connectivity index (χ4n) is 3.81. The van der Waals surface area contributed by atoms with Gasteiger partial charge in [0.05, 0.1) is 5.57 Å². The van der Waals surface area contributed by atoms with E-state index in [1.807, 2.05) is 36.6 Å². The highest BCUT2D eigenvalue weighted by Gasteiger charge is 2.35. The molecular formula is C23H23Cl2N5OS. The second-order valence-electron chi connectivity index (χ2n) is 7.76. The Hall–Kier alpha value is -2.35. The van der Waals surface area contributed by atoms with E-state index in [4.69, 9.17) is 28.6 Å². The van der Waals surface area contributed by atoms with Gasteiger partial charge in [0.2, 0.25) is 5.17 Å². The molecule has 2 aliphatic heterocycles. The van der Waals surface area contributed by atoms with E-state index in [-0.39, 0.29) is 11.4 Å². The number of halogens is 2. The van der Waals surface area contributed by atoms with Gasteiger partial charge in [-0.25, -0.2) is 0 Å². The molecule has 0 fully saturated rings. The van der Waals surface area contributed by atoms with E-state index in [1.165, 1.54) is 16.8 Å². The van der Waals surface area contributed by atoms with Crippen molar-refractivity contribution in [1.29, 1.82) is 5.41 Å². The number of aryl methyl sites for hydroxylation is 1. The molecule has 0 bridgehead atoms. The third-order valence-corrected chi connectivity index (χ3v) is 6.77. The molecule has 32 heavy (non-hydrogen) atoms. The second kappa shape index (κ2) is 9.25. The van der Waals surface area contributed by atoms with Crippen LogP contribution in [-0.2, 0) is 4.79 Å². The molecule has 1 aromatic carbocycles. The molecule has 0 unspecified atom stereocenters. The van der Waals surface area contributed by atoms with Gasteiger partial charge in [0, 0.05) is 27.1 Å². The molecule has 2 aromatic rings. The summed E-state index contributed by atoms with van der Waals surface area (Å²) in [5, 5.41) is 17.0. The fourth-order valence-corrected chi connectivity index (χ4v) is 5.26. The molecule has 2 aliphatic rings. The van der Waals surface area contributed by atoms with Crippen molar-refractivity contribution < 1.29 is 4.79 Å². The molecule has 0 aliphatic carbocycles. The Morgan fingerprint density at radius 3 is 2.53 bits per heavy atom. The van der Waals surface area contributed by atoms with E-state index >= 15 is 0 Å². The van der Waals surface area contributed by atoms with E-state index in [0.29, 0.717) is 15.2 Å². The lowest BCUT2D eigenvalue weighted by Gasteiger charge is -2.20. The monoisotopic (exact) mass is 487 g/mol. The van der Waals surface area contributed by atoms with Crippen molar-refractivity contribution in [2.24, 2.45) is 10.1 Å². The minimum absolute atomic E-state index is 0.0496. The highest BCUT2D eigenvalue weighted by Crippen LogP contribution is 2.32. The van der Waals surface area contributed by atoms with Crippen molar-refractivity contribution in [1.82, 2.24) is 9.58 Å². The summed E-state index contributed by atoms with van der Waals surface area (Å²) < 4.78 is 2.02. The Balaban J connectivity index is 1.66. The average molecular weight is 488 g/mol. The maximum absolute atomic E-state index is 12.8. The van der Waals surface area contributed by atoms with Gasteiger partial charge in [0.25, 0.3) is 5.91 Å². The first-order chi connectivity index (χ1) is 15.3. The smallest absolute Gasteiger partial charge is 0.283 e. The summed E-state index contributed by atoms with van der Waals surface area (Å²) in [5.74, 6) is -0.372. The van der Waals surface area contributed by atoms with E-state index in [2.05, 4.69) is 17.0 Å². The van der Waals surface area contributed by atoms with E-state index < -0.39 is 5.91 Å². The van der Waals surface area contributed by atoms with E-state index in [0.717, 1.165) is 53.4 Å². The van der Waals surface area contributed by atoms with Crippen LogP contribution < -0.4 is 0 Å². The van der Waals surface area contributed by atoms with E-state index in [1.54, 1.807) is 12.1 Å². The normalized spacial score (nSPS) is 17.2. The van der Waals surface area contributed by atoms with Crippen molar-refractivity contribution in [3.63, 3.8) is 0 Å². The first kappa shape index (κ1) is 22.8. The van der Waals surface area contributed by atoms with Crippen LogP contribution >= 0.6 is 35.0 Å². The van der Waals surface area contributed by atoms with Gasteiger partial charge in [0.1, 0.15) is 5.04 Å². The lowest BCUT2D eigenvalue weighted by Crippen LogP contribution is -2.35. The number of carbonyl (C=O) groups excluding carboxylic acids is 1. The Bertz CT molecular complexity index is 1190. The van der Waals surface area contributed by atoms with Crippen LogP contribution in [0, 0.1) is 19.3 Å². The van der Waals surface area contributed by atoms with Crippen LogP contribution in [0.25, 0.3) is 11.8 Å². The first-order valence-corrected chi connectivity index (χ1v) is 12.0. The number of rotatable bonds is 6. The zero-order chi connectivity index (χ0) is 23.0. The van der Waals surface area contributed by atoms with Crippen molar-refractivity contribution >= 4 is 63.0 Å². The van der Waals surface area contributed by atoms with Gasteiger partial charge >= 0.3 is 0 Å². The standard InChI is InChI=1S/C23H23Cl2N5OS/c1-4-5-6-7-20-28-30-21(26)19(22(31)27-23(30)32-20)9-15-8-13(2)29(14(15)3)18-11-16(24)10-17(25)12-18/h8-12,26H,4-7H2,1-3H3. The third-order valence-electron chi connectivity index (χ3n) is 5.37. The molecule has 9 heteroatoms.